The third-order valence-corrected chi connectivity index (χ3v) is 5.38. The minimum atomic E-state index is -3.48. The number of esters is 1. The molecule has 0 unspecified atom stereocenters. The van der Waals surface area contributed by atoms with Crippen molar-refractivity contribution in [2.45, 2.75) is 13.8 Å². The van der Waals surface area contributed by atoms with E-state index in [4.69, 9.17) is 14.2 Å². The smallest absolute Gasteiger partial charge is 0.340 e. The van der Waals surface area contributed by atoms with Crippen LogP contribution in [0, 0.1) is 0 Å². The van der Waals surface area contributed by atoms with Gasteiger partial charge in [-0.25, -0.2) is 13.2 Å². The average molecular weight is 449 g/mol. The van der Waals surface area contributed by atoms with E-state index < -0.39 is 28.5 Å². The Labute approximate surface area is 180 Å². The Balaban J connectivity index is 1.57. The van der Waals surface area contributed by atoms with Crippen molar-refractivity contribution in [2.24, 2.45) is 4.40 Å². The first-order chi connectivity index (χ1) is 14.8. The third-order valence-electron chi connectivity index (χ3n) is 4.22. The summed E-state index contributed by atoms with van der Waals surface area (Å²) >= 11 is 0. The highest BCUT2D eigenvalue weighted by molar-refractivity contribution is 7.90. The first kappa shape index (κ1) is 22.3. The van der Waals surface area contributed by atoms with E-state index >= 15 is 0 Å². The van der Waals surface area contributed by atoms with Crippen LogP contribution in [0.2, 0.25) is 0 Å². The van der Waals surface area contributed by atoms with Crippen molar-refractivity contribution in [3.05, 3.63) is 42.1 Å². The SMILES string of the molecule is CCOc1ccc(NC(=O)COC(=O)C2=CN3CCS(=O)(=O)N=C3C=C2)cc1OCC. The zero-order valence-electron chi connectivity index (χ0n) is 17.2. The molecule has 1 aromatic carbocycles. The van der Waals surface area contributed by atoms with Gasteiger partial charge in [0.1, 0.15) is 5.84 Å². The summed E-state index contributed by atoms with van der Waals surface area (Å²) in [6.45, 7) is 4.31. The number of fused-ring (bicyclic) bond motifs is 1. The highest BCUT2D eigenvalue weighted by Gasteiger charge is 2.25. The van der Waals surface area contributed by atoms with Gasteiger partial charge in [-0.1, -0.05) is 0 Å². The molecule has 0 radical (unpaired) electrons. The molecule has 1 amide bonds. The fourth-order valence-electron chi connectivity index (χ4n) is 2.86. The molecule has 0 aliphatic carbocycles. The van der Waals surface area contributed by atoms with Gasteiger partial charge in [0.25, 0.3) is 15.9 Å². The Morgan fingerprint density at radius 2 is 1.87 bits per heavy atom. The van der Waals surface area contributed by atoms with E-state index in [9.17, 15) is 18.0 Å². The van der Waals surface area contributed by atoms with Crippen LogP contribution >= 0.6 is 0 Å². The minimum absolute atomic E-state index is 0.141. The van der Waals surface area contributed by atoms with Crippen molar-refractivity contribution >= 4 is 33.4 Å². The van der Waals surface area contributed by atoms with Crippen LogP contribution in [-0.4, -0.2) is 63.1 Å². The number of nitrogens with zero attached hydrogens (tertiary/aromatic N) is 2. The van der Waals surface area contributed by atoms with Gasteiger partial charge in [0.05, 0.1) is 24.5 Å². The molecule has 11 heteroatoms. The fraction of sp³-hybridized carbons (Fsp3) is 0.350. The molecule has 2 aliphatic rings. The Bertz CT molecular complexity index is 1060. The number of carbonyl (C=O) groups is 2. The minimum Gasteiger partial charge on any atom is -0.490 e. The maximum atomic E-state index is 12.3. The van der Waals surface area contributed by atoms with E-state index in [-0.39, 0.29) is 23.7 Å². The number of hydrogen-bond acceptors (Lipinski definition) is 8. The van der Waals surface area contributed by atoms with Gasteiger partial charge in [-0.05, 0) is 38.1 Å². The number of benzene rings is 1. The highest BCUT2D eigenvalue weighted by Crippen LogP contribution is 2.30. The van der Waals surface area contributed by atoms with Gasteiger partial charge in [0, 0.05) is 24.5 Å². The molecule has 2 aliphatic heterocycles. The van der Waals surface area contributed by atoms with Crippen molar-refractivity contribution in [3.63, 3.8) is 0 Å². The Hall–Kier alpha value is -3.34. The van der Waals surface area contributed by atoms with Crippen LogP contribution < -0.4 is 14.8 Å². The molecule has 0 aromatic heterocycles. The maximum absolute atomic E-state index is 12.3. The van der Waals surface area contributed by atoms with E-state index in [1.165, 1.54) is 18.4 Å². The zero-order chi connectivity index (χ0) is 22.4. The molecular formula is C20H23N3O7S. The van der Waals surface area contributed by atoms with Crippen LogP contribution in [0.25, 0.3) is 0 Å². The van der Waals surface area contributed by atoms with E-state index in [0.29, 0.717) is 30.4 Å². The normalized spacial score (nSPS) is 16.5. The second-order valence-corrected chi connectivity index (χ2v) is 8.25. The Morgan fingerprint density at radius 3 is 2.61 bits per heavy atom. The summed E-state index contributed by atoms with van der Waals surface area (Å²) in [4.78, 5) is 26.0. The molecule has 31 heavy (non-hydrogen) atoms. The topological polar surface area (TPSA) is 124 Å². The number of hydrogen-bond donors (Lipinski definition) is 1. The molecule has 0 saturated carbocycles. The molecule has 10 nitrogen and oxygen atoms in total. The quantitative estimate of drug-likeness (QED) is 0.592. The van der Waals surface area contributed by atoms with Crippen molar-refractivity contribution in [1.82, 2.24) is 4.90 Å². The Kier molecular flexibility index (Phi) is 6.95. The lowest BCUT2D eigenvalue weighted by atomic mass is 10.2. The molecule has 0 spiro atoms. The number of rotatable bonds is 8. The lowest BCUT2D eigenvalue weighted by molar-refractivity contribution is -0.143. The van der Waals surface area contributed by atoms with Crippen LogP contribution in [0.15, 0.2) is 46.5 Å². The van der Waals surface area contributed by atoms with Crippen LogP contribution in [0.4, 0.5) is 5.69 Å². The van der Waals surface area contributed by atoms with Gasteiger partial charge in [-0.3, -0.25) is 4.79 Å². The molecule has 0 fully saturated rings. The monoisotopic (exact) mass is 449 g/mol. The number of amidine groups is 1. The number of nitrogens with one attached hydrogen (secondary N) is 1. The average Bonchev–Trinajstić information content (AvgIpc) is 2.73. The predicted octanol–water partition coefficient (Wildman–Crippen LogP) is 1.46. The van der Waals surface area contributed by atoms with Crippen molar-refractivity contribution in [3.8, 4) is 11.5 Å². The fourth-order valence-corrected chi connectivity index (χ4v) is 3.83. The van der Waals surface area contributed by atoms with Crippen LogP contribution in [-0.2, 0) is 24.3 Å². The first-order valence-electron chi connectivity index (χ1n) is 9.67. The van der Waals surface area contributed by atoms with Gasteiger partial charge in [-0.15, -0.1) is 4.40 Å². The van der Waals surface area contributed by atoms with Gasteiger partial charge in [-0.2, -0.15) is 0 Å². The van der Waals surface area contributed by atoms with Gasteiger partial charge in [0.2, 0.25) is 0 Å². The van der Waals surface area contributed by atoms with Crippen LogP contribution in [0.1, 0.15) is 13.8 Å². The van der Waals surface area contributed by atoms with Crippen molar-refractivity contribution in [1.29, 1.82) is 0 Å². The molecule has 0 atom stereocenters. The van der Waals surface area contributed by atoms with Crippen molar-refractivity contribution < 1.29 is 32.2 Å². The standard InChI is InChI=1S/C20H23N3O7S/c1-3-28-16-7-6-15(11-17(16)29-4-2)21-19(24)13-30-20(25)14-5-8-18-22-31(26,27)10-9-23(18)12-14/h5-8,11-12H,3-4,9-10,13H2,1-2H3,(H,21,24). The summed E-state index contributed by atoms with van der Waals surface area (Å²) in [6, 6.07) is 4.97. The molecule has 0 bridgehead atoms. The number of carbonyl (C=O) groups excluding carboxylic acids is 2. The maximum Gasteiger partial charge on any atom is 0.340 e. The second kappa shape index (κ2) is 9.65. The van der Waals surface area contributed by atoms with Gasteiger partial charge in [0.15, 0.2) is 18.1 Å². The summed E-state index contributed by atoms with van der Waals surface area (Å²) in [6.07, 6.45) is 4.27. The first-order valence-corrected chi connectivity index (χ1v) is 11.3. The van der Waals surface area contributed by atoms with E-state index in [1.54, 1.807) is 23.1 Å². The van der Waals surface area contributed by atoms with Gasteiger partial charge >= 0.3 is 5.97 Å². The molecule has 166 valence electrons. The summed E-state index contributed by atoms with van der Waals surface area (Å²) in [5, 5.41) is 2.64. The van der Waals surface area contributed by atoms with E-state index in [2.05, 4.69) is 9.71 Å². The lowest BCUT2D eigenvalue weighted by Gasteiger charge is -2.26. The largest absolute Gasteiger partial charge is 0.490 e. The van der Waals surface area contributed by atoms with E-state index in [0.717, 1.165) is 0 Å². The molecule has 1 aromatic rings. The summed E-state index contributed by atoms with van der Waals surface area (Å²) in [5.74, 6) is -0.0681. The zero-order valence-corrected chi connectivity index (χ0v) is 18.0. The highest BCUT2D eigenvalue weighted by atomic mass is 32.2. The molecule has 1 N–H and O–H groups in total. The summed E-state index contributed by atoms with van der Waals surface area (Å²) in [7, 11) is -3.48. The lowest BCUT2D eigenvalue weighted by Crippen LogP contribution is -2.37. The number of amides is 1. The number of anilines is 1. The predicted molar refractivity (Wildman–Crippen MR) is 114 cm³/mol. The van der Waals surface area contributed by atoms with E-state index in [1.807, 2.05) is 13.8 Å². The second-order valence-electron chi connectivity index (χ2n) is 6.50. The van der Waals surface area contributed by atoms with Crippen LogP contribution in [0.5, 0.6) is 11.5 Å². The molecular weight excluding hydrogens is 426 g/mol. The van der Waals surface area contributed by atoms with Crippen molar-refractivity contribution in [2.75, 3.05) is 37.4 Å². The number of sulfonamides is 1. The van der Waals surface area contributed by atoms with Crippen LogP contribution in [0.3, 0.4) is 0 Å². The molecule has 2 heterocycles. The molecule has 3 rings (SSSR count). The summed E-state index contributed by atoms with van der Waals surface area (Å²) < 4.78 is 42.8. The Morgan fingerprint density at radius 1 is 1.13 bits per heavy atom. The third kappa shape index (κ3) is 5.85. The molecule has 0 saturated heterocycles. The summed E-state index contributed by atoms with van der Waals surface area (Å²) in [5.41, 5.74) is 0.658. The van der Waals surface area contributed by atoms with Gasteiger partial charge < -0.3 is 24.4 Å². The number of ether oxygens (including phenoxy) is 3.